The van der Waals surface area contributed by atoms with Crippen LogP contribution in [-0.4, -0.2) is 44.7 Å². The van der Waals surface area contributed by atoms with Crippen LogP contribution >= 0.6 is 11.6 Å². The number of sulfonamides is 1. The van der Waals surface area contributed by atoms with Gasteiger partial charge in [0.2, 0.25) is 15.9 Å². The van der Waals surface area contributed by atoms with Gasteiger partial charge in [0, 0.05) is 23.7 Å². The summed E-state index contributed by atoms with van der Waals surface area (Å²) in [6.45, 7) is 1.66. The van der Waals surface area contributed by atoms with Gasteiger partial charge in [0.05, 0.1) is 4.90 Å². The first-order valence-corrected chi connectivity index (χ1v) is 14.4. The highest BCUT2D eigenvalue weighted by atomic mass is 35.5. The maximum Gasteiger partial charge on any atom is 0.245 e. The fraction of sp³-hybridized carbons (Fsp3) is 0.286. The third-order valence-electron chi connectivity index (χ3n) is 6.85. The number of amidine groups is 1. The Hall–Kier alpha value is -3.24. The summed E-state index contributed by atoms with van der Waals surface area (Å²) in [5.41, 5.74) is 13.7. The average Bonchev–Trinajstić information content (AvgIpc) is 2.92. The first kappa shape index (κ1) is 27.8. The molecule has 1 fully saturated rings. The lowest BCUT2D eigenvalue weighted by Crippen LogP contribution is -2.46. The maximum absolute atomic E-state index is 13.8. The number of rotatable bonds is 9. The molecule has 4 rings (SSSR count). The van der Waals surface area contributed by atoms with E-state index in [9.17, 15) is 13.2 Å². The van der Waals surface area contributed by atoms with Crippen LogP contribution in [0.15, 0.2) is 77.7 Å². The summed E-state index contributed by atoms with van der Waals surface area (Å²) in [5, 5.41) is 8.34. The molecule has 200 valence electrons. The molecular weight excluding hydrogens is 522 g/mol. The van der Waals surface area contributed by atoms with Gasteiger partial charge in [-0.1, -0.05) is 54.1 Å². The molecule has 1 amide bonds. The van der Waals surface area contributed by atoms with Crippen LogP contribution < -0.4 is 16.2 Å². The molecule has 0 radical (unpaired) electrons. The van der Waals surface area contributed by atoms with Gasteiger partial charge >= 0.3 is 0 Å². The Kier molecular flexibility index (Phi) is 8.83. The van der Waals surface area contributed by atoms with Gasteiger partial charge in [0.25, 0.3) is 0 Å². The normalized spacial score (nSPS) is 15.3. The summed E-state index contributed by atoms with van der Waals surface area (Å²) in [4.78, 5) is 15.5. The number of carbonyl (C=O) groups is 1. The van der Waals surface area contributed by atoms with Crippen LogP contribution in [0.25, 0.3) is 11.1 Å². The van der Waals surface area contributed by atoms with Crippen molar-refractivity contribution in [2.45, 2.75) is 30.2 Å². The fourth-order valence-electron chi connectivity index (χ4n) is 4.74. The predicted octanol–water partition coefficient (Wildman–Crippen LogP) is 3.90. The molecule has 1 atom stereocenters. The van der Waals surface area contributed by atoms with Gasteiger partial charge in [0.15, 0.2) is 0 Å². The van der Waals surface area contributed by atoms with E-state index < -0.39 is 16.1 Å². The average molecular weight is 554 g/mol. The number of amides is 1. The molecular formula is C28H32ClN5O3S. The molecule has 0 aromatic heterocycles. The minimum absolute atomic E-state index is 0.0251. The first-order chi connectivity index (χ1) is 18.2. The molecule has 1 aliphatic rings. The minimum atomic E-state index is -4.12. The zero-order valence-corrected chi connectivity index (χ0v) is 22.5. The zero-order chi connectivity index (χ0) is 27.3. The number of carbonyl (C=O) groups excluding carboxylic acids is 1. The lowest BCUT2D eigenvalue weighted by Gasteiger charge is -2.34. The number of nitrogen functional groups attached to an aromatic ring is 1. The van der Waals surface area contributed by atoms with Gasteiger partial charge in [-0.05, 0) is 78.7 Å². The monoisotopic (exact) mass is 553 g/mol. The molecule has 38 heavy (non-hydrogen) atoms. The van der Waals surface area contributed by atoms with Crippen LogP contribution in [0.4, 0.5) is 0 Å². The second-order valence-electron chi connectivity index (χ2n) is 9.48. The Morgan fingerprint density at radius 3 is 2.34 bits per heavy atom. The maximum atomic E-state index is 13.8. The molecule has 1 saturated heterocycles. The Labute approximate surface area is 228 Å². The van der Waals surface area contributed by atoms with Crippen molar-refractivity contribution in [3.05, 3.63) is 88.9 Å². The standard InChI is InChI=1S/C28H32ClN5O3S/c29-24-8-2-4-20(17-24)21-5-3-9-25(18-21)38(36,37)33-26(22-6-1-7-23(16-22)27(31)32)28(35)34-14-11-19(10-13-30)12-15-34/h1-9,16-19,26,33H,10-15,30H2,(H3,31,32). The number of hydrogen-bond donors (Lipinski definition) is 4. The van der Waals surface area contributed by atoms with Gasteiger partial charge in [-0.2, -0.15) is 4.72 Å². The van der Waals surface area contributed by atoms with Crippen molar-refractivity contribution in [3.8, 4) is 11.1 Å². The molecule has 0 spiro atoms. The molecule has 0 saturated carbocycles. The topological polar surface area (TPSA) is 142 Å². The van der Waals surface area contributed by atoms with Crippen molar-refractivity contribution in [3.63, 3.8) is 0 Å². The van der Waals surface area contributed by atoms with Crippen LogP contribution in [0.5, 0.6) is 0 Å². The van der Waals surface area contributed by atoms with Crippen molar-refractivity contribution < 1.29 is 13.2 Å². The highest BCUT2D eigenvalue weighted by molar-refractivity contribution is 7.89. The van der Waals surface area contributed by atoms with Crippen molar-refractivity contribution in [1.29, 1.82) is 5.41 Å². The number of benzene rings is 3. The summed E-state index contributed by atoms with van der Waals surface area (Å²) in [6, 6.07) is 19.0. The second-order valence-corrected chi connectivity index (χ2v) is 11.6. The molecule has 3 aromatic carbocycles. The molecule has 6 N–H and O–H groups in total. The second kappa shape index (κ2) is 12.1. The predicted molar refractivity (Wildman–Crippen MR) is 150 cm³/mol. The van der Waals surface area contributed by atoms with Crippen LogP contribution in [0, 0.1) is 11.3 Å². The van der Waals surface area contributed by atoms with E-state index in [1.807, 2.05) is 6.07 Å². The van der Waals surface area contributed by atoms with Gasteiger partial charge in [0.1, 0.15) is 11.9 Å². The first-order valence-electron chi connectivity index (χ1n) is 12.5. The molecule has 1 unspecified atom stereocenters. The van der Waals surface area contributed by atoms with E-state index in [-0.39, 0.29) is 16.6 Å². The van der Waals surface area contributed by atoms with E-state index in [1.165, 1.54) is 6.07 Å². The van der Waals surface area contributed by atoms with Crippen LogP contribution in [0.2, 0.25) is 5.02 Å². The fourth-order valence-corrected chi connectivity index (χ4v) is 6.15. The van der Waals surface area contributed by atoms with Crippen molar-refractivity contribution in [1.82, 2.24) is 9.62 Å². The Balaban J connectivity index is 1.66. The summed E-state index contributed by atoms with van der Waals surface area (Å²) < 4.78 is 29.9. The third-order valence-corrected chi connectivity index (χ3v) is 8.51. The number of halogens is 1. The van der Waals surface area contributed by atoms with E-state index in [4.69, 9.17) is 28.5 Å². The lowest BCUT2D eigenvalue weighted by atomic mass is 9.93. The van der Waals surface area contributed by atoms with E-state index >= 15 is 0 Å². The van der Waals surface area contributed by atoms with Gasteiger partial charge < -0.3 is 16.4 Å². The van der Waals surface area contributed by atoms with Gasteiger partial charge in [-0.25, -0.2) is 8.42 Å². The number of likely N-dealkylation sites (tertiary alicyclic amines) is 1. The van der Waals surface area contributed by atoms with E-state index in [0.717, 1.165) is 24.8 Å². The number of nitrogens with two attached hydrogens (primary N) is 2. The smallest absolute Gasteiger partial charge is 0.245 e. The number of piperidine rings is 1. The summed E-state index contributed by atoms with van der Waals surface area (Å²) in [7, 11) is -4.12. The summed E-state index contributed by atoms with van der Waals surface area (Å²) in [6.07, 6.45) is 2.54. The Morgan fingerprint density at radius 2 is 1.68 bits per heavy atom. The molecule has 1 aliphatic heterocycles. The van der Waals surface area contributed by atoms with Crippen LogP contribution in [-0.2, 0) is 14.8 Å². The molecule has 0 aliphatic carbocycles. The highest BCUT2D eigenvalue weighted by Crippen LogP contribution is 2.28. The van der Waals surface area contributed by atoms with E-state index in [1.54, 1.807) is 65.6 Å². The third kappa shape index (κ3) is 6.60. The number of nitrogens with one attached hydrogen (secondary N) is 2. The molecule has 8 nitrogen and oxygen atoms in total. The largest absolute Gasteiger partial charge is 0.384 e. The Morgan fingerprint density at radius 1 is 1.03 bits per heavy atom. The Bertz CT molecular complexity index is 1420. The van der Waals surface area contributed by atoms with Crippen LogP contribution in [0.1, 0.15) is 36.4 Å². The van der Waals surface area contributed by atoms with Gasteiger partial charge in [-0.3, -0.25) is 10.2 Å². The number of hydrogen-bond acceptors (Lipinski definition) is 5. The minimum Gasteiger partial charge on any atom is -0.384 e. The molecule has 10 heteroatoms. The SMILES string of the molecule is N=C(N)c1cccc(C(NS(=O)(=O)c2cccc(-c3cccc(Cl)c3)c2)C(=O)N2CCC(CCN)CC2)c1. The zero-order valence-electron chi connectivity index (χ0n) is 20.9. The van der Waals surface area contributed by atoms with Crippen LogP contribution in [0.3, 0.4) is 0 Å². The van der Waals surface area contributed by atoms with E-state index in [0.29, 0.717) is 47.3 Å². The van der Waals surface area contributed by atoms with Crippen molar-refractivity contribution in [2.75, 3.05) is 19.6 Å². The van der Waals surface area contributed by atoms with E-state index in [2.05, 4.69) is 4.72 Å². The molecule has 0 bridgehead atoms. The highest BCUT2D eigenvalue weighted by Gasteiger charge is 2.33. The quantitative estimate of drug-likeness (QED) is 0.235. The number of nitrogens with zero attached hydrogens (tertiary/aromatic N) is 1. The lowest BCUT2D eigenvalue weighted by molar-refractivity contribution is -0.134. The molecule has 1 heterocycles. The van der Waals surface area contributed by atoms with Gasteiger partial charge in [-0.15, -0.1) is 0 Å². The molecule has 3 aromatic rings. The summed E-state index contributed by atoms with van der Waals surface area (Å²) >= 11 is 6.13. The summed E-state index contributed by atoms with van der Waals surface area (Å²) in [5.74, 6) is -0.0568. The van der Waals surface area contributed by atoms with Crippen molar-refractivity contribution >= 4 is 33.4 Å². The van der Waals surface area contributed by atoms with Crippen molar-refractivity contribution in [2.24, 2.45) is 17.4 Å².